The summed E-state index contributed by atoms with van der Waals surface area (Å²) in [5.41, 5.74) is -1.89. The van der Waals surface area contributed by atoms with E-state index in [9.17, 15) is 24.3 Å². The lowest BCUT2D eigenvalue weighted by molar-refractivity contribution is -0.144. The molecule has 1 N–H and O–H groups in total. The van der Waals surface area contributed by atoms with Gasteiger partial charge in [-0.2, -0.15) is 0 Å². The molecule has 1 unspecified atom stereocenters. The number of aldehydes is 3. The number of carbonyl (C=O) groups is 4. The first-order chi connectivity index (χ1) is 10.6. The van der Waals surface area contributed by atoms with Gasteiger partial charge in [-0.25, -0.2) is 0 Å². The van der Waals surface area contributed by atoms with Crippen molar-refractivity contribution in [3.8, 4) is 0 Å². The van der Waals surface area contributed by atoms with E-state index in [1.807, 2.05) is 0 Å². The van der Waals surface area contributed by atoms with E-state index in [0.29, 0.717) is 22.6 Å². The number of aliphatic carboxylic acids is 1. The van der Waals surface area contributed by atoms with Crippen LogP contribution < -0.4 is 0 Å². The van der Waals surface area contributed by atoms with Gasteiger partial charge in [0.05, 0.1) is 0 Å². The van der Waals surface area contributed by atoms with E-state index in [4.69, 9.17) is 0 Å². The molecule has 2 aromatic rings. The van der Waals surface area contributed by atoms with Crippen LogP contribution in [0.1, 0.15) is 11.1 Å². The SMILES string of the molecule is O=CC1=C(C=O)C(C=O)(C(=O)O)c2cccc3cccc1c23. The molecule has 3 rings (SSSR count). The van der Waals surface area contributed by atoms with Crippen LogP contribution in [0.5, 0.6) is 0 Å². The average molecular weight is 294 g/mol. The standard InChI is InChI=1S/C17H10O5/c18-7-12-11-5-1-3-10-4-2-6-13(15(10)11)17(9-20,16(21)22)14(12)8-19/h1-9H,(H,21,22). The quantitative estimate of drug-likeness (QED) is 0.682. The highest BCUT2D eigenvalue weighted by Gasteiger charge is 2.49. The van der Waals surface area contributed by atoms with Crippen LogP contribution in [0.15, 0.2) is 42.0 Å². The molecule has 108 valence electrons. The summed E-state index contributed by atoms with van der Waals surface area (Å²) in [4.78, 5) is 46.5. The Hall–Kier alpha value is -3.08. The average Bonchev–Trinajstić information content (AvgIpc) is 2.54. The Bertz CT molecular complexity index is 872. The molecule has 0 heterocycles. The lowest BCUT2D eigenvalue weighted by atomic mass is 9.67. The molecule has 5 nitrogen and oxygen atoms in total. The zero-order valence-electron chi connectivity index (χ0n) is 11.3. The van der Waals surface area contributed by atoms with Crippen LogP contribution in [0, 0.1) is 0 Å². The van der Waals surface area contributed by atoms with Crippen LogP contribution in [0.4, 0.5) is 0 Å². The fourth-order valence-electron chi connectivity index (χ4n) is 3.09. The molecule has 0 saturated heterocycles. The Kier molecular flexibility index (Phi) is 2.99. The Balaban J connectivity index is 2.64. The highest BCUT2D eigenvalue weighted by Crippen LogP contribution is 2.44. The van der Waals surface area contributed by atoms with Crippen molar-refractivity contribution < 1.29 is 24.3 Å². The van der Waals surface area contributed by atoms with E-state index in [1.165, 1.54) is 6.07 Å². The summed E-state index contributed by atoms with van der Waals surface area (Å²) >= 11 is 0. The summed E-state index contributed by atoms with van der Waals surface area (Å²) in [7, 11) is 0. The lowest BCUT2D eigenvalue weighted by Gasteiger charge is -2.31. The topological polar surface area (TPSA) is 88.5 Å². The zero-order chi connectivity index (χ0) is 15.9. The fraction of sp³-hybridized carbons (Fsp3) is 0.0588. The molecule has 0 saturated carbocycles. The maximum atomic E-state index is 11.8. The predicted octanol–water partition coefficient (Wildman–Crippen LogP) is 1.53. The van der Waals surface area contributed by atoms with E-state index >= 15 is 0 Å². The van der Waals surface area contributed by atoms with Gasteiger partial charge in [0.15, 0.2) is 11.7 Å². The first kappa shape index (κ1) is 13.9. The largest absolute Gasteiger partial charge is 0.480 e. The molecule has 0 fully saturated rings. The third-order valence-electron chi connectivity index (χ3n) is 4.08. The van der Waals surface area contributed by atoms with Gasteiger partial charge < -0.3 is 9.90 Å². The van der Waals surface area contributed by atoms with Gasteiger partial charge in [0.1, 0.15) is 12.6 Å². The summed E-state index contributed by atoms with van der Waals surface area (Å²) in [5.74, 6) is -1.48. The smallest absolute Gasteiger partial charge is 0.326 e. The molecule has 1 aliphatic carbocycles. The second-order valence-electron chi connectivity index (χ2n) is 5.00. The van der Waals surface area contributed by atoms with Crippen LogP contribution in [0.3, 0.4) is 0 Å². The summed E-state index contributed by atoms with van der Waals surface area (Å²) in [5, 5.41) is 10.8. The zero-order valence-corrected chi connectivity index (χ0v) is 11.3. The van der Waals surface area contributed by atoms with Gasteiger partial charge in [-0.1, -0.05) is 36.4 Å². The molecular weight excluding hydrogens is 284 g/mol. The van der Waals surface area contributed by atoms with Crippen molar-refractivity contribution in [1.29, 1.82) is 0 Å². The molecule has 2 aromatic carbocycles. The van der Waals surface area contributed by atoms with Crippen molar-refractivity contribution in [2.45, 2.75) is 5.41 Å². The summed E-state index contributed by atoms with van der Waals surface area (Å²) in [6.45, 7) is 0. The number of rotatable bonds is 4. The summed E-state index contributed by atoms with van der Waals surface area (Å²) < 4.78 is 0. The monoisotopic (exact) mass is 294 g/mol. The van der Waals surface area contributed by atoms with Gasteiger partial charge in [-0.05, 0) is 21.9 Å². The van der Waals surface area contributed by atoms with Crippen LogP contribution in [0.25, 0.3) is 16.3 Å². The van der Waals surface area contributed by atoms with Gasteiger partial charge >= 0.3 is 5.97 Å². The molecule has 0 bridgehead atoms. The molecule has 22 heavy (non-hydrogen) atoms. The Morgan fingerprint density at radius 1 is 1.00 bits per heavy atom. The highest BCUT2D eigenvalue weighted by molar-refractivity contribution is 6.27. The number of carboxylic acids is 1. The van der Waals surface area contributed by atoms with Crippen molar-refractivity contribution in [3.05, 3.63) is 53.1 Å². The molecule has 0 aromatic heterocycles. The van der Waals surface area contributed by atoms with Gasteiger partial charge in [0, 0.05) is 11.1 Å². The van der Waals surface area contributed by atoms with E-state index in [1.54, 1.807) is 30.3 Å². The van der Waals surface area contributed by atoms with Crippen molar-refractivity contribution in [1.82, 2.24) is 0 Å². The van der Waals surface area contributed by atoms with Crippen LogP contribution >= 0.6 is 0 Å². The van der Waals surface area contributed by atoms with Gasteiger partial charge in [-0.15, -0.1) is 0 Å². The van der Waals surface area contributed by atoms with Crippen molar-refractivity contribution in [3.63, 3.8) is 0 Å². The van der Waals surface area contributed by atoms with Gasteiger partial charge in [0.2, 0.25) is 0 Å². The third-order valence-corrected chi connectivity index (χ3v) is 4.08. The maximum absolute atomic E-state index is 11.8. The lowest BCUT2D eigenvalue weighted by Crippen LogP contribution is -2.42. The molecule has 0 radical (unpaired) electrons. The molecule has 5 heteroatoms. The predicted molar refractivity (Wildman–Crippen MR) is 78.4 cm³/mol. The molecule has 0 spiro atoms. The molecule has 0 amide bonds. The van der Waals surface area contributed by atoms with Crippen molar-refractivity contribution in [2.75, 3.05) is 0 Å². The number of benzene rings is 2. The Morgan fingerprint density at radius 2 is 1.68 bits per heavy atom. The normalized spacial score (nSPS) is 19.8. The van der Waals surface area contributed by atoms with Gasteiger partial charge in [0.25, 0.3) is 0 Å². The van der Waals surface area contributed by atoms with Crippen LogP contribution in [-0.4, -0.2) is 29.9 Å². The van der Waals surface area contributed by atoms with Crippen molar-refractivity contribution in [2.24, 2.45) is 0 Å². The van der Waals surface area contributed by atoms with Crippen LogP contribution in [-0.2, 0) is 24.6 Å². The number of carbonyl (C=O) groups excluding carboxylic acids is 3. The second-order valence-corrected chi connectivity index (χ2v) is 5.00. The molecule has 0 aliphatic heterocycles. The Labute approximate surface area is 124 Å². The van der Waals surface area contributed by atoms with E-state index < -0.39 is 11.4 Å². The molecule has 1 atom stereocenters. The van der Waals surface area contributed by atoms with E-state index in [2.05, 4.69) is 0 Å². The van der Waals surface area contributed by atoms with E-state index in [-0.39, 0.29) is 29.3 Å². The highest BCUT2D eigenvalue weighted by atomic mass is 16.4. The van der Waals surface area contributed by atoms with Crippen molar-refractivity contribution >= 4 is 41.2 Å². The number of allylic oxidation sites excluding steroid dienone is 1. The minimum absolute atomic E-state index is 0.0613. The minimum Gasteiger partial charge on any atom is -0.480 e. The van der Waals surface area contributed by atoms with Crippen LogP contribution in [0.2, 0.25) is 0 Å². The second kappa shape index (κ2) is 4.73. The van der Waals surface area contributed by atoms with Gasteiger partial charge in [-0.3, -0.25) is 14.4 Å². The molecular formula is C17H10O5. The minimum atomic E-state index is -2.16. The fourth-order valence-corrected chi connectivity index (χ4v) is 3.09. The summed E-state index contributed by atoms with van der Waals surface area (Å²) in [6.07, 6.45) is 0.921. The maximum Gasteiger partial charge on any atom is 0.326 e. The molecule has 1 aliphatic rings. The number of carboxylic acid groups (broad SMARTS) is 1. The summed E-state index contributed by atoms with van der Waals surface area (Å²) in [6, 6.07) is 9.98. The third kappa shape index (κ3) is 1.47. The first-order valence-corrected chi connectivity index (χ1v) is 6.49. The number of hydrogen-bond donors (Lipinski definition) is 1. The Morgan fingerprint density at radius 3 is 2.23 bits per heavy atom. The first-order valence-electron chi connectivity index (χ1n) is 6.49. The van der Waals surface area contributed by atoms with E-state index in [0.717, 1.165) is 0 Å². The number of hydrogen-bond acceptors (Lipinski definition) is 4.